The Balaban J connectivity index is 1.39. The summed E-state index contributed by atoms with van der Waals surface area (Å²) in [4.78, 5) is 31.1. The maximum atomic E-state index is 15.4. The van der Waals surface area contributed by atoms with E-state index in [2.05, 4.69) is 20.5 Å². The highest BCUT2D eigenvalue weighted by Crippen LogP contribution is 2.68. The zero-order valence-corrected chi connectivity index (χ0v) is 35.7. The number of carbonyl (C=O) groups excluding carboxylic acids is 2. The van der Waals surface area contributed by atoms with Gasteiger partial charge in [-0.15, -0.1) is 0 Å². The highest BCUT2D eigenvalue weighted by Gasteiger charge is 2.68. The third kappa shape index (κ3) is 9.09. The molecule has 2 aromatic carbocycles. The van der Waals surface area contributed by atoms with Crippen LogP contribution in [0.25, 0.3) is 22.0 Å². The van der Waals surface area contributed by atoms with E-state index in [9.17, 15) is 53.1 Å². The highest BCUT2D eigenvalue weighted by molar-refractivity contribution is 7.92. The molecule has 1 fully saturated rings. The number of hydrogen-bond acceptors (Lipinski definition) is 8. The third-order valence-electron chi connectivity index (χ3n) is 10.6. The average molecular weight is 952 g/mol. The maximum Gasteiger partial charge on any atom is 0.435 e. The smallest absolute Gasteiger partial charge is 0.435 e. The first-order valence-electron chi connectivity index (χ1n) is 19.1. The summed E-state index contributed by atoms with van der Waals surface area (Å²) in [6.45, 7) is 1.80. The molecular weight excluding hydrogens is 916 g/mol. The number of hydrogen-bond donors (Lipinski definition) is 1. The molecule has 1 N–H and O–H groups in total. The number of pyridine rings is 1. The number of sulfonamides is 1. The summed E-state index contributed by atoms with van der Waals surface area (Å²) in [6, 6.07) is 5.92. The number of nitrogens with one attached hydrogen (secondary N) is 1. The van der Waals surface area contributed by atoms with E-state index in [1.165, 1.54) is 52.0 Å². The standard InChI is InChI=1S/C40H36ClF10N7O5S/c1-18-6-7-22(23-8-9-26(41)30-32(23)57(16-38(44,45)46)55-35(30)58(64(5,61)62)17-63-36(60)37(2,3)4)31(52-18)27(12-19-10-20(42)13-21(43)11-19)53-28(59)15-56-34-29(33(54-56)40(49,50)51)24-14-25(24)39(34,47)48/h6-11,13,24-25,27H,12,14-17H2,1-5H3,(H,53,59)/t24?,25-,27+/m1/s1. The molecular formula is C40H36ClF10N7O5S. The van der Waals surface area contributed by atoms with Gasteiger partial charge in [0.25, 0.3) is 5.92 Å². The zero-order valence-electron chi connectivity index (χ0n) is 34.1. The van der Waals surface area contributed by atoms with Gasteiger partial charge in [-0.3, -0.25) is 23.9 Å². The van der Waals surface area contributed by atoms with Gasteiger partial charge in [-0.1, -0.05) is 23.7 Å². The molecule has 12 nitrogen and oxygen atoms in total. The lowest BCUT2D eigenvalue weighted by Gasteiger charge is -2.24. The molecule has 344 valence electrons. The number of anilines is 1. The number of amides is 1. The van der Waals surface area contributed by atoms with Crippen molar-refractivity contribution in [2.45, 2.75) is 83.9 Å². The Labute approximate surface area is 362 Å². The van der Waals surface area contributed by atoms with E-state index in [1.54, 1.807) is 0 Å². The van der Waals surface area contributed by atoms with E-state index in [1.807, 2.05) is 0 Å². The van der Waals surface area contributed by atoms with E-state index in [4.69, 9.17) is 16.3 Å². The SMILES string of the molecule is Cc1ccc(-c2ccc(Cl)c3c(N(COC(=O)C(C)(C)C)S(C)(=O)=O)nn(CC(F)(F)F)c23)c([C@H](Cc2cc(F)cc(F)c2)NC(=O)Cn2nc(C(F)(F)F)c3c2C(F)(F)[C@@H]2CC32)n1. The Kier molecular flexibility index (Phi) is 11.6. The first-order chi connectivity index (χ1) is 29.5. The number of aryl methyl sites for hydroxylation is 1. The molecule has 24 heteroatoms. The molecule has 2 aliphatic carbocycles. The van der Waals surface area contributed by atoms with Gasteiger partial charge in [-0.2, -0.15) is 45.3 Å². The minimum Gasteiger partial charge on any atom is -0.443 e. The van der Waals surface area contributed by atoms with Gasteiger partial charge in [0.05, 0.1) is 39.3 Å². The Morgan fingerprint density at radius 3 is 2.22 bits per heavy atom. The Morgan fingerprint density at radius 2 is 1.62 bits per heavy atom. The number of benzene rings is 2. The van der Waals surface area contributed by atoms with Gasteiger partial charge in [-0.05, 0) is 76.3 Å². The largest absolute Gasteiger partial charge is 0.443 e. The molecule has 5 aromatic rings. The lowest BCUT2D eigenvalue weighted by atomic mass is 9.93. The molecule has 0 radical (unpaired) electrons. The second kappa shape index (κ2) is 15.9. The molecule has 0 bridgehead atoms. The molecule has 1 unspecified atom stereocenters. The summed E-state index contributed by atoms with van der Waals surface area (Å²) in [5.74, 6) is -11.2. The van der Waals surface area contributed by atoms with Crippen LogP contribution < -0.4 is 9.62 Å². The lowest BCUT2D eigenvalue weighted by Crippen LogP contribution is -2.36. The van der Waals surface area contributed by atoms with Crippen molar-refractivity contribution in [1.29, 1.82) is 0 Å². The molecule has 3 atom stereocenters. The monoisotopic (exact) mass is 951 g/mol. The van der Waals surface area contributed by atoms with Crippen LogP contribution in [0.4, 0.5) is 49.7 Å². The summed E-state index contributed by atoms with van der Waals surface area (Å²) < 4.78 is 178. The van der Waals surface area contributed by atoms with Crippen molar-refractivity contribution in [2.75, 3.05) is 17.3 Å². The van der Waals surface area contributed by atoms with Crippen LogP contribution in [-0.2, 0) is 56.0 Å². The Hall–Kier alpha value is -5.45. The number of fused-ring (bicyclic) bond motifs is 4. The number of nitrogens with zero attached hydrogens (tertiary/aromatic N) is 6. The Morgan fingerprint density at radius 1 is 0.984 bits per heavy atom. The first kappa shape index (κ1) is 46.5. The first-order valence-corrected chi connectivity index (χ1v) is 21.4. The molecule has 0 saturated heterocycles. The maximum absolute atomic E-state index is 15.4. The number of halogens is 11. The van der Waals surface area contributed by atoms with Gasteiger partial charge in [-0.25, -0.2) is 21.5 Å². The van der Waals surface area contributed by atoms with Crippen LogP contribution in [-0.4, -0.2) is 64.0 Å². The predicted molar refractivity (Wildman–Crippen MR) is 209 cm³/mol. The Bertz CT molecular complexity index is 2800. The molecule has 2 aliphatic rings. The fourth-order valence-electron chi connectivity index (χ4n) is 7.81. The second-order valence-corrected chi connectivity index (χ2v) is 19.0. The summed E-state index contributed by atoms with van der Waals surface area (Å²) in [7, 11) is -4.50. The summed E-state index contributed by atoms with van der Waals surface area (Å²) in [6.07, 6.45) is -10.2. The zero-order chi connectivity index (χ0) is 47.2. The van der Waals surface area contributed by atoms with Gasteiger partial charge < -0.3 is 10.1 Å². The highest BCUT2D eigenvalue weighted by atomic mass is 35.5. The summed E-state index contributed by atoms with van der Waals surface area (Å²) >= 11 is 6.61. The number of rotatable bonds is 12. The van der Waals surface area contributed by atoms with Gasteiger partial charge in [0, 0.05) is 34.4 Å². The topological polar surface area (TPSA) is 141 Å². The van der Waals surface area contributed by atoms with Crippen LogP contribution in [0.2, 0.25) is 5.02 Å². The van der Waals surface area contributed by atoms with Crippen LogP contribution in [0.3, 0.4) is 0 Å². The van der Waals surface area contributed by atoms with E-state index in [0.717, 1.165) is 12.1 Å². The number of alkyl halides is 8. The van der Waals surface area contributed by atoms with Crippen LogP contribution >= 0.6 is 11.6 Å². The van der Waals surface area contributed by atoms with Crippen molar-refractivity contribution in [3.05, 3.63) is 93.0 Å². The number of ether oxygens (including phenoxy) is 1. The van der Waals surface area contributed by atoms with Crippen molar-refractivity contribution in [1.82, 2.24) is 29.9 Å². The predicted octanol–water partition coefficient (Wildman–Crippen LogP) is 8.74. The van der Waals surface area contributed by atoms with E-state index >= 15 is 8.78 Å². The minimum atomic E-state index is -5.15. The van der Waals surface area contributed by atoms with Gasteiger partial charge in [0.2, 0.25) is 15.9 Å². The van der Waals surface area contributed by atoms with E-state index in [-0.39, 0.29) is 49.6 Å². The normalized spacial score (nSPS) is 17.6. The lowest BCUT2D eigenvalue weighted by molar-refractivity contribution is -0.152. The fourth-order valence-corrected chi connectivity index (χ4v) is 8.73. The number of aromatic nitrogens is 5. The molecule has 0 spiro atoms. The molecule has 1 saturated carbocycles. The molecule has 0 aliphatic heterocycles. The fraction of sp³-hybridized carbons (Fsp3) is 0.425. The second-order valence-electron chi connectivity index (χ2n) is 16.7. The van der Waals surface area contributed by atoms with Gasteiger partial charge in [0.1, 0.15) is 30.4 Å². The van der Waals surface area contributed by atoms with Crippen LogP contribution in [0.1, 0.15) is 73.1 Å². The van der Waals surface area contributed by atoms with Crippen molar-refractivity contribution in [3.63, 3.8) is 0 Å². The number of esters is 1. The van der Waals surface area contributed by atoms with Crippen molar-refractivity contribution in [2.24, 2.45) is 11.3 Å². The van der Waals surface area contributed by atoms with Crippen LogP contribution in [0.5, 0.6) is 0 Å². The van der Waals surface area contributed by atoms with Gasteiger partial charge in [0.15, 0.2) is 18.2 Å². The molecule has 3 heterocycles. The molecule has 7 rings (SSSR count). The van der Waals surface area contributed by atoms with Crippen LogP contribution in [0.15, 0.2) is 42.5 Å². The van der Waals surface area contributed by atoms with Gasteiger partial charge >= 0.3 is 18.3 Å². The summed E-state index contributed by atoms with van der Waals surface area (Å²) in [5, 5.41) is 9.18. The van der Waals surface area contributed by atoms with Crippen molar-refractivity contribution >= 4 is 50.2 Å². The molecule has 3 aromatic heterocycles. The van der Waals surface area contributed by atoms with Crippen molar-refractivity contribution in [3.8, 4) is 11.1 Å². The number of carbonyl (C=O) groups is 2. The minimum absolute atomic E-state index is 0.0969. The third-order valence-corrected chi connectivity index (χ3v) is 12.0. The van der Waals surface area contributed by atoms with E-state index < -0.39 is 130 Å². The van der Waals surface area contributed by atoms with Crippen molar-refractivity contribution < 1.29 is 66.6 Å². The average Bonchev–Trinajstić information content (AvgIpc) is 3.65. The summed E-state index contributed by atoms with van der Waals surface area (Å²) in [5.41, 5.74) is -5.35. The molecule has 64 heavy (non-hydrogen) atoms. The van der Waals surface area contributed by atoms with Crippen LogP contribution in [0, 0.1) is 29.9 Å². The van der Waals surface area contributed by atoms with E-state index in [0.29, 0.717) is 21.3 Å². The quantitative estimate of drug-likeness (QED) is 0.0744. The molecule has 1 amide bonds.